The molecule has 0 bridgehead atoms. The van der Waals surface area contributed by atoms with Crippen molar-refractivity contribution in [3.8, 4) is 10.6 Å². The van der Waals surface area contributed by atoms with E-state index in [4.69, 9.17) is 11.6 Å². The Morgan fingerprint density at radius 1 is 1.19 bits per heavy atom. The molecule has 0 aliphatic heterocycles. The summed E-state index contributed by atoms with van der Waals surface area (Å²) in [6.07, 6.45) is 1.89. The van der Waals surface area contributed by atoms with Crippen molar-refractivity contribution < 1.29 is 0 Å². The number of alkyl halides is 1. The molecular weight excluding hydrogens is 240 g/mol. The predicted molar refractivity (Wildman–Crippen MR) is 69.1 cm³/mol. The molecule has 4 heteroatoms. The van der Waals surface area contributed by atoms with Crippen molar-refractivity contribution in [3.05, 3.63) is 34.8 Å². The Labute approximate surface area is 104 Å². The summed E-state index contributed by atoms with van der Waals surface area (Å²) in [6, 6.07) is 8.35. The minimum absolute atomic E-state index is 0.680. The van der Waals surface area contributed by atoms with E-state index in [0.717, 1.165) is 28.4 Å². The molecular formula is C12H13ClN2S. The Kier molecular flexibility index (Phi) is 3.91. The maximum absolute atomic E-state index is 5.65. The number of aryl methyl sites for hydroxylation is 2. The normalized spacial score (nSPS) is 10.6. The van der Waals surface area contributed by atoms with Gasteiger partial charge in [-0.05, 0) is 13.3 Å². The van der Waals surface area contributed by atoms with Crippen LogP contribution in [0.2, 0.25) is 0 Å². The highest BCUT2D eigenvalue weighted by molar-refractivity contribution is 7.14. The van der Waals surface area contributed by atoms with Gasteiger partial charge in [-0.15, -0.1) is 21.8 Å². The first-order valence-corrected chi connectivity index (χ1v) is 6.60. The van der Waals surface area contributed by atoms with Gasteiger partial charge >= 0.3 is 0 Å². The van der Waals surface area contributed by atoms with E-state index >= 15 is 0 Å². The van der Waals surface area contributed by atoms with Crippen LogP contribution in [0.3, 0.4) is 0 Å². The van der Waals surface area contributed by atoms with Crippen molar-refractivity contribution in [2.24, 2.45) is 0 Å². The first-order chi connectivity index (χ1) is 7.79. The summed E-state index contributed by atoms with van der Waals surface area (Å²) in [5.74, 6) is 0.680. The quantitative estimate of drug-likeness (QED) is 0.776. The second-order valence-corrected chi connectivity index (χ2v) is 5.10. The molecule has 16 heavy (non-hydrogen) atoms. The molecule has 1 aromatic carbocycles. The van der Waals surface area contributed by atoms with E-state index in [1.807, 2.05) is 0 Å². The molecule has 0 spiro atoms. The lowest BCUT2D eigenvalue weighted by Gasteiger charge is -1.95. The SMILES string of the molecule is Cc1ccc(-c2nnc(CCCCl)s2)cc1. The summed E-state index contributed by atoms with van der Waals surface area (Å²) in [6.45, 7) is 2.08. The minimum atomic E-state index is 0.680. The number of nitrogens with zero attached hydrogens (tertiary/aromatic N) is 2. The molecule has 0 fully saturated rings. The van der Waals surface area contributed by atoms with Crippen molar-refractivity contribution in [3.63, 3.8) is 0 Å². The molecule has 2 rings (SSSR count). The van der Waals surface area contributed by atoms with Gasteiger partial charge in [-0.2, -0.15) is 0 Å². The molecule has 0 amide bonds. The number of aromatic nitrogens is 2. The monoisotopic (exact) mass is 252 g/mol. The van der Waals surface area contributed by atoms with Gasteiger partial charge in [-0.3, -0.25) is 0 Å². The maximum atomic E-state index is 5.65. The van der Waals surface area contributed by atoms with E-state index in [1.54, 1.807) is 11.3 Å². The Morgan fingerprint density at radius 2 is 1.94 bits per heavy atom. The van der Waals surface area contributed by atoms with E-state index in [1.165, 1.54) is 5.56 Å². The number of hydrogen-bond donors (Lipinski definition) is 0. The lowest BCUT2D eigenvalue weighted by atomic mass is 10.2. The van der Waals surface area contributed by atoms with Gasteiger partial charge in [0.1, 0.15) is 10.0 Å². The average Bonchev–Trinajstić information content (AvgIpc) is 2.76. The summed E-state index contributed by atoms with van der Waals surface area (Å²) >= 11 is 7.30. The van der Waals surface area contributed by atoms with Crippen LogP contribution in [0.25, 0.3) is 10.6 Å². The van der Waals surface area contributed by atoms with Crippen LogP contribution in [0.5, 0.6) is 0 Å². The van der Waals surface area contributed by atoms with E-state index in [9.17, 15) is 0 Å². The summed E-state index contributed by atoms with van der Waals surface area (Å²) in [4.78, 5) is 0. The molecule has 2 aromatic rings. The molecule has 0 unspecified atom stereocenters. The van der Waals surface area contributed by atoms with Crippen LogP contribution in [0.4, 0.5) is 0 Å². The second kappa shape index (κ2) is 5.41. The Morgan fingerprint density at radius 3 is 2.62 bits per heavy atom. The van der Waals surface area contributed by atoms with Gasteiger partial charge in [0, 0.05) is 17.9 Å². The van der Waals surface area contributed by atoms with Crippen LogP contribution in [-0.2, 0) is 6.42 Å². The molecule has 0 atom stereocenters. The lowest BCUT2D eigenvalue weighted by Crippen LogP contribution is -1.84. The Bertz CT molecular complexity index is 450. The van der Waals surface area contributed by atoms with Crippen molar-refractivity contribution in [1.82, 2.24) is 10.2 Å². The fourth-order valence-corrected chi connectivity index (χ4v) is 2.41. The predicted octanol–water partition coefficient (Wildman–Crippen LogP) is 3.68. The van der Waals surface area contributed by atoms with Crippen molar-refractivity contribution >= 4 is 22.9 Å². The number of benzene rings is 1. The summed E-state index contributed by atoms with van der Waals surface area (Å²) in [5.41, 5.74) is 2.40. The maximum Gasteiger partial charge on any atom is 0.147 e. The highest BCUT2D eigenvalue weighted by Gasteiger charge is 2.05. The van der Waals surface area contributed by atoms with Gasteiger partial charge in [0.15, 0.2) is 0 Å². The van der Waals surface area contributed by atoms with Gasteiger partial charge in [-0.25, -0.2) is 0 Å². The van der Waals surface area contributed by atoms with E-state index in [2.05, 4.69) is 41.4 Å². The minimum Gasteiger partial charge on any atom is -0.143 e. The van der Waals surface area contributed by atoms with E-state index in [-0.39, 0.29) is 0 Å². The molecule has 0 radical (unpaired) electrons. The first-order valence-electron chi connectivity index (χ1n) is 5.25. The third-order valence-electron chi connectivity index (χ3n) is 2.29. The zero-order chi connectivity index (χ0) is 11.4. The third-order valence-corrected chi connectivity index (χ3v) is 3.59. The standard InChI is InChI=1S/C12H13ClN2S/c1-9-4-6-10(7-5-9)12-15-14-11(16-12)3-2-8-13/h4-7H,2-3,8H2,1H3. The summed E-state index contributed by atoms with van der Waals surface area (Å²) in [5, 5.41) is 10.4. The van der Waals surface area contributed by atoms with Crippen LogP contribution >= 0.6 is 22.9 Å². The summed E-state index contributed by atoms with van der Waals surface area (Å²) in [7, 11) is 0. The largest absolute Gasteiger partial charge is 0.147 e. The second-order valence-electron chi connectivity index (χ2n) is 3.66. The molecule has 0 saturated heterocycles. The van der Waals surface area contributed by atoms with Crippen molar-refractivity contribution in [2.75, 3.05) is 5.88 Å². The molecule has 0 N–H and O–H groups in total. The fraction of sp³-hybridized carbons (Fsp3) is 0.333. The van der Waals surface area contributed by atoms with Crippen molar-refractivity contribution in [1.29, 1.82) is 0 Å². The van der Waals surface area contributed by atoms with Crippen LogP contribution in [-0.4, -0.2) is 16.1 Å². The molecule has 0 aliphatic carbocycles. The average molecular weight is 253 g/mol. The number of halogens is 1. The highest BCUT2D eigenvalue weighted by Crippen LogP contribution is 2.24. The first kappa shape index (κ1) is 11.6. The van der Waals surface area contributed by atoms with E-state index < -0.39 is 0 Å². The van der Waals surface area contributed by atoms with Gasteiger partial charge in [0.05, 0.1) is 0 Å². The van der Waals surface area contributed by atoms with Gasteiger partial charge < -0.3 is 0 Å². The van der Waals surface area contributed by atoms with Crippen LogP contribution in [0.1, 0.15) is 17.0 Å². The fourth-order valence-electron chi connectivity index (χ4n) is 1.39. The van der Waals surface area contributed by atoms with Crippen LogP contribution < -0.4 is 0 Å². The molecule has 0 aliphatic rings. The lowest BCUT2D eigenvalue weighted by molar-refractivity contribution is 0.884. The molecule has 1 aromatic heterocycles. The van der Waals surface area contributed by atoms with Gasteiger partial charge in [-0.1, -0.05) is 41.2 Å². The smallest absolute Gasteiger partial charge is 0.143 e. The number of hydrogen-bond acceptors (Lipinski definition) is 3. The van der Waals surface area contributed by atoms with Gasteiger partial charge in [0.2, 0.25) is 0 Å². The molecule has 1 heterocycles. The molecule has 0 saturated carbocycles. The Balaban J connectivity index is 2.15. The zero-order valence-corrected chi connectivity index (χ0v) is 10.7. The number of rotatable bonds is 4. The molecule has 2 nitrogen and oxygen atoms in total. The van der Waals surface area contributed by atoms with Crippen LogP contribution in [0.15, 0.2) is 24.3 Å². The Hall–Kier alpha value is -0.930. The topological polar surface area (TPSA) is 25.8 Å². The third kappa shape index (κ3) is 2.80. The molecule has 84 valence electrons. The zero-order valence-electron chi connectivity index (χ0n) is 9.11. The highest BCUT2D eigenvalue weighted by atomic mass is 35.5. The van der Waals surface area contributed by atoms with Crippen LogP contribution in [0, 0.1) is 6.92 Å². The van der Waals surface area contributed by atoms with Gasteiger partial charge in [0.25, 0.3) is 0 Å². The summed E-state index contributed by atoms with van der Waals surface area (Å²) < 4.78 is 0. The van der Waals surface area contributed by atoms with E-state index in [0.29, 0.717) is 5.88 Å². The van der Waals surface area contributed by atoms with Crippen molar-refractivity contribution in [2.45, 2.75) is 19.8 Å².